The molecular weight excluding hydrogens is 531 g/mol. The predicted molar refractivity (Wildman–Crippen MR) is 153 cm³/mol. The SMILES string of the molecule is COc1cccc(NC(=O)CSC2=C(C#N)[C@@H](c3ccccc3F)C(C(=O)Nc3ccccc3OC)=C(C)N2)c1. The Morgan fingerprint density at radius 2 is 1.77 bits per heavy atom. The zero-order valence-electron chi connectivity index (χ0n) is 22.1. The van der Waals surface area contributed by atoms with Gasteiger partial charge in [-0.05, 0) is 37.3 Å². The average Bonchev–Trinajstić information content (AvgIpc) is 2.96. The number of halogens is 1. The third kappa shape index (κ3) is 6.27. The minimum absolute atomic E-state index is 0.0370. The smallest absolute Gasteiger partial charge is 0.254 e. The lowest BCUT2D eigenvalue weighted by Gasteiger charge is -2.30. The predicted octanol–water partition coefficient (Wildman–Crippen LogP) is 5.55. The Bertz CT molecular complexity index is 1550. The number of benzene rings is 3. The van der Waals surface area contributed by atoms with E-state index < -0.39 is 17.6 Å². The Labute approximate surface area is 235 Å². The molecule has 0 spiro atoms. The van der Waals surface area contributed by atoms with Gasteiger partial charge in [0.05, 0.1) is 48.2 Å². The van der Waals surface area contributed by atoms with E-state index in [1.165, 1.54) is 20.3 Å². The Morgan fingerprint density at radius 1 is 1.02 bits per heavy atom. The lowest BCUT2D eigenvalue weighted by molar-refractivity contribution is -0.114. The lowest BCUT2D eigenvalue weighted by atomic mass is 9.82. The van der Waals surface area contributed by atoms with E-state index in [-0.39, 0.29) is 28.4 Å². The van der Waals surface area contributed by atoms with Crippen molar-refractivity contribution in [2.75, 3.05) is 30.6 Å². The number of para-hydroxylation sites is 2. The number of hydrogen-bond acceptors (Lipinski definition) is 7. The van der Waals surface area contributed by atoms with E-state index >= 15 is 4.39 Å². The van der Waals surface area contributed by atoms with Crippen LogP contribution in [0.5, 0.6) is 11.5 Å². The van der Waals surface area contributed by atoms with Crippen molar-refractivity contribution in [1.29, 1.82) is 5.26 Å². The van der Waals surface area contributed by atoms with E-state index in [0.29, 0.717) is 33.6 Å². The molecule has 0 saturated carbocycles. The highest BCUT2D eigenvalue weighted by atomic mass is 32.2. The molecule has 2 amide bonds. The van der Waals surface area contributed by atoms with Crippen molar-refractivity contribution < 1.29 is 23.5 Å². The van der Waals surface area contributed by atoms with Crippen LogP contribution in [0.15, 0.2) is 94.7 Å². The summed E-state index contributed by atoms with van der Waals surface area (Å²) in [6, 6.07) is 22.0. The molecule has 0 saturated heterocycles. The van der Waals surface area contributed by atoms with Gasteiger partial charge in [0.15, 0.2) is 0 Å². The Balaban J connectivity index is 1.64. The summed E-state index contributed by atoms with van der Waals surface area (Å²) < 4.78 is 25.7. The van der Waals surface area contributed by atoms with Gasteiger partial charge in [-0.3, -0.25) is 9.59 Å². The van der Waals surface area contributed by atoms with Crippen molar-refractivity contribution in [3.05, 3.63) is 106 Å². The molecule has 3 N–H and O–H groups in total. The zero-order chi connectivity index (χ0) is 28.6. The van der Waals surface area contributed by atoms with E-state index in [0.717, 1.165) is 11.8 Å². The normalized spacial score (nSPS) is 14.6. The van der Waals surface area contributed by atoms with Crippen LogP contribution in [-0.2, 0) is 9.59 Å². The van der Waals surface area contributed by atoms with Crippen molar-refractivity contribution in [3.63, 3.8) is 0 Å². The summed E-state index contributed by atoms with van der Waals surface area (Å²) in [5.41, 5.74) is 1.89. The molecule has 204 valence electrons. The van der Waals surface area contributed by atoms with Crippen LogP contribution in [0.1, 0.15) is 18.4 Å². The van der Waals surface area contributed by atoms with Gasteiger partial charge in [-0.2, -0.15) is 5.26 Å². The third-order valence-corrected chi connectivity index (χ3v) is 7.18. The third-order valence-electron chi connectivity index (χ3n) is 6.16. The molecule has 1 aliphatic heterocycles. The van der Waals surface area contributed by atoms with E-state index in [2.05, 4.69) is 22.0 Å². The topological polar surface area (TPSA) is 112 Å². The van der Waals surface area contributed by atoms with Crippen LogP contribution in [0.3, 0.4) is 0 Å². The first-order chi connectivity index (χ1) is 19.4. The fourth-order valence-electron chi connectivity index (χ4n) is 4.32. The minimum atomic E-state index is -1.01. The molecule has 0 bridgehead atoms. The van der Waals surface area contributed by atoms with Crippen LogP contribution in [0, 0.1) is 17.1 Å². The molecule has 1 aliphatic rings. The molecule has 0 unspecified atom stereocenters. The quantitative estimate of drug-likeness (QED) is 0.316. The molecule has 0 fully saturated rings. The maximum absolute atomic E-state index is 15.1. The first-order valence-corrected chi connectivity index (χ1v) is 13.2. The van der Waals surface area contributed by atoms with Crippen LogP contribution in [-0.4, -0.2) is 31.8 Å². The molecular formula is C30H27FN4O4S. The molecule has 8 nitrogen and oxygen atoms in total. The van der Waals surface area contributed by atoms with Gasteiger partial charge in [0.2, 0.25) is 5.91 Å². The second kappa shape index (κ2) is 12.9. The number of nitrogens with zero attached hydrogens (tertiary/aromatic N) is 1. The minimum Gasteiger partial charge on any atom is -0.497 e. The van der Waals surface area contributed by atoms with E-state index in [1.54, 1.807) is 73.7 Å². The molecule has 40 heavy (non-hydrogen) atoms. The Morgan fingerprint density at radius 3 is 2.50 bits per heavy atom. The first kappa shape index (κ1) is 28.3. The van der Waals surface area contributed by atoms with Gasteiger partial charge in [0, 0.05) is 28.6 Å². The second-order valence-electron chi connectivity index (χ2n) is 8.70. The Hall–Kier alpha value is -4.75. The van der Waals surface area contributed by atoms with Crippen molar-refractivity contribution in [2.45, 2.75) is 12.8 Å². The van der Waals surface area contributed by atoms with Crippen LogP contribution in [0.2, 0.25) is 0 Å². The summed E-state index contributed by atoms with van der Waals surface area (Å²) in [6.07, 6.45) is 0. The summed E-state index contributed by atoms with van der Waals surface area (Å²) in [5, 5.41) is 19.3. The standard InChI is InChI=1S/C30H27FN4O4S/c1-18-27(29(37)35-24-13-6-7-14-25(24)39-3)28(21-11-4-5-12-23(21)31)22(16-32)30(33-18)40-17-26(36)34-19-9-8-10-20(15-19)38-2/h4-15,28,33H,17H2,1-3H3,(H,34,36)(H,35,37)/t28-/m1/s1. The van der Waals surface area contributed by atoms with Gasteiger partial charge < -0.3 is 25.4 Å². The number of hydrogen-bond donors (Lipinski definition) is 3. The molecule has 0 aromatic heterocycles. The number of dihydropyridines is 1. The number of anilines is 2. The summed E-state index contributed by atoms with van der Waals surface area (Å²) in [4.78, 5) is 26.3. The highest BCUT2D eigenvalue weighted by molar-refractivity contribution is 8.03. The molecule has 1 heterocycles. The van der Waals surface area contributed by atoms with Crippen LogP contribution in [0.25, 0.3) is 0 Å². The number of ether oxygens (including phenoxy) is 2. The van der Waals surface area contributed by atoms with Gasteiger partial charge in [-0.25, -0.2) is 4.39 Å². The van der Waals surface area contributed by atoms with E-state index in [9.17, 15) is 14.9 Å². The highest BCUT2D eigenvalue weighted by Crippen LogP contribution is 2.42. The largest absolute Gasteiger partial charge is 0.497 e. The fourth-order valence-corrected chi connectivity index (χ4v) is 5.21. The number of rotatable bonds is 9. The van der Waals surface area contributed by atoms with Gasteiger partial charge in [-0.1, -0.05) is 48.2 Å². The van der Waals surface area contributed by atoms with Crippen molar-refractivity contribution in [3.8, 4) is 17.6 Å². The monoisotopic (exact) mass is 558 g/mol. The molecule has 3 aromatic rings. The number of nitrogens with one attached hydrogen (secondary N) is 3. The number of nitriles is 1. The number of allylic oxidation sites excluding steroid dienone is 2. The zero-order valence-corrected chi connectivity index (χ0v) is 22.9. The number of carbonyl (C=O) groups excluding carboxylic acids is 2. The first-order valence-electron chi connectivity index (χ1n) is 12.2. The number of thioether (sulfide) groups is 1. The number of carbonyl (C=O) groups is 2. The van der Waals surface area contributed by atoms with E-state index in [1.807, 2.05) is 0 Å². The van der Waals surface area contributed by atoms with Crippen molar-refractivity contribution in [1.82, 2.24) is 5.32 Å². The van der Waals surface area contributed by atoms with Gasteiger partial charge in [0.25, 0.3) is 5.91 Å². The van der Waals surface area contributed by atoms with Gasteiger partial charge >= 0.3 is 0 Å². The molecule has 4 rings (SSSR count). The fraction of sp³-hybridized carbons (Fsp3) is 0.167. The molecule has 1 atom stereocenters. The van der Waals surface area contributed by atoms with Gasteiger partial charge in [-0.15, -0.1) is 0 Å². The summed E-state index contributed by atoms with van der Waals surface area (Å²) >= 11 is 1.09. The van der Waals surface area contributed by atoms with Crippen LogP contribution < -0.4 is 25.4 Å². The molecule has 10 heteroatoms. The maximum Gasteiger partial charge on any atom is 0.254 e. The van der Waals surface area contributed by atoms with E-state index in [4.69, 9.17) is 9.47 Å². The average molecular weight is 559 g/mol. The lowest BCUT2D eigenvalue weighted by Crippen LogP contribution is -2.31. The van der Waals surface area contributed by atoms with Crippen LogP contribution in [0.4, 0.5) is 15.8 Å². The van der Waals surface area contributed by atoms with Crippen molar-refractivity contribution in [2.24, 2.45) is 0 Å². The molecule has 0 radical (unpaired) electrons. The van der Waals surface area contributed by atoms with Crippen molar-refractivity contribution >= 4 is 35.0 Å². The molecule has 0 aliphatic carbocycles. The second-order valence-corrected chi connectivity index (χ2v) is 9.68. The van der Waals surface area contributed by atoms with Gasteiger partial charge in [0.1, 0.15) is 17.3 Å². The van der Waals surface area contributed by atoms with Crippen LogP contribution >= 0.6 is 11.8 Å². The number of methoxy groups -OCH3 is 2. The summed E-state index contributed by atoms with van der Waals surface area (Å²) in [6.45, 7) is 1.68. The molecule has 3 aromatic carbocycles. The summed E-state index contributed by atoms with van der Waals surface area (Å²) in [7, 11) is 3.03. The Kier molecular flexibility index (Phi) is 9.09. The highest BCUT2D eigenvalue weighted by Gasteiger charge is 2.36. The maximum atomic E-state index is 15.1. The summed E-state index contributed by atoms with van der Waals surface area (Å²) in [5.74, 6) is -1.38. The number of amides is 2.